The van der Waals surface area contributed by atoms with Crippen LogP contribution in [-0.4, -0.2) is 30.5 Å². The Balaban J connectivity index is 1.98. The molecule has 7 heteroatoms. The molecule has 0 atom stereocenters. The van der Waals surface area contributed by atoms with E-state index in [1.54, 1.807) is 4.68 Å². The quantitative estimate of drug-likeness (QED) is 0.758. The van der Waals surface area contributed by atoms with Crippen LogP contribution in [0.2, 0.25) is 0 Å². The molecular formula is C10H14BrN5O. The highest BCUT2D eigenvalue weighted by Crippen LogP contribution is 2.03. The molecule has 0 N–H and O–H groups in total. The van der Waals surface area contributed by atoms with Crippen molar-refractivity contribution in [3.63, 3.8) is 0 Å². The van der Waals surface area contributed by atoms with Crippen molar-refractivity contribution in [3.05, 3.63) is 23.6 Å². The molecule has 0 aliphatic rings. The van der Waals surface area contributed by atoms with Gasteiger partial charge in [0.2, 0.25) is 5.89 Å². The van der Waals surface area contributed by atoms with Gasteiger partial charge in [-0.15, -0.1) is 5.10 Å². The Kier molecular flexibility index (Phi) is 4.24. The lowest BCUT2D eigenvalue weighted by atomic mass is 10.3. The molecule has 0 spiro atoms. The first-order chi connectivity index (χ1) is 8.31. The summed E-state index contributed by atoms with van der Waals surface area (Å²) in [6.45, 7) is 2.56. The van der Waals surface area contributed by atoms with Crippen LogP contribution in [0, 0.1) is 0 Å². The maximum absolute atomic E-state index is 5.13. The molecule has 2 rings (SSSR count). The first-order valence-electron chi connectivity index (χ1n) is 5.58. The van der Waals surface area contributed by atoms with Gasteiger partial charge in [-0.1, -0.05) is 33.2 Å². The lowest BCUT2D eigenvalue weighted by molar-refractivity contribution is 0.359. The Bertz CT molecular complexity index is 424. The van der Waals surface area contributed by atoms with E-state index in [4.69, 9.17) is 4.52 Å². The summed E-state index contributed by atoms with van der Waals surface area (Å²) in [6.07, 6.45) is 4.61. The summed E-state index contributed by atoms with van der Waals surface area (Å²) < 4.78 is 6.84. The van der Waals surface area contributed by atoms with Gasteiger partial charge in [0.05, 0.1) is 5.69 Å². The highest BCUT2D eigenvalue weighted by molar-refractivity contribution is 9.09. The van der Waals surface area contributed by atoms with Crippen molar-refractivity contribution in [2.45, 2.75) is 32.7 Å². The highest BCUT2D eigenvalue weighted by Gasteiger charge is 2.07. The summed E-state index contributed by atoms with van der Waals surface area (Å²) in [5.41, 5.74) is 0.954. The van der Waals surface area contributed by atoms with Crippen LogP contribution in [0.4, 0.5) is 0 Å². The molecule has 0 aliphatic heterocycles. The summed E-state index contributed by atoms with van der Waals surface area (Å²) in [7, 11) is 0. The van der Waals surface area contributed by atoms with Gasteiger partial charge < -0.3 is 4.52 Å². The van der Waals surface area contributed by atoms with E-state index in [-0.39, 0.29) is 0 Å². The van der Waals surface area contributed by atoms with Crippen molar-refractivity contribution >= 4 is 15.9 Å². The fraction of sp³-hybridized carbons (Fsp3) is 0.600. The lowest BCUT2D eigenvalue weighted by Gasteiger charge is -1.92. The van der Waals surface area contributed by atoms with Gasteiger partial charge in [-0.2, -0.15) is 4.98 Å². The van der Waals surface area contributed by atoms with Gasteiger partial charge in [0, 0.05) is 24.4 Å². The minimum atomic E-state index is 0.478. The molecule has 0 saturated carbocycles. The van der Waals surface area contributed by atoms with Crippen LogP contribution in [0.15, 0.2) is 10.7 Å². The van der Waals surface area contributed by atoms with Crippen LogP contribution in [-0.2, 0) is 19.4 Å². The van der Waals surface area contributed by atoms with Gasteiger partial charge in [-0.25, -0.2) is 4.68 Å². The third-order valence-corrected chi connectivity index (χ3v) is 2.61. The number of aromatic nitrogens is 5. The standard InChI is InChI=1S/C10H14BrN5O/c1-2-3-9-12-10(17-14-9)7-16-6-8(4-5-11)13-15-16/h6H,2-5,7H2,1H3. The molecule has 0 bridgehead atoms. The Morgan fingerprint density at radius 2 is 2.29 bits per heavy atom. The second-order valence-electron chi connectivity index (χ2n) is 3.70. The van der Waals surface area contributed by atoms with E-state index in [9.17, 15) is 0 Å². The smallest absolute Gasteiger partial charge is 0.248 e. The Labute approximate surface area is 108 Å². The summed E-state index contributed by atoms with van der Waals surface area (Å²) in [5, 5.41) is 12.8. The number of rotatable bonds is 6. The van der Waals surface area contributed by atoms with Crippen LogP contribution in [0.25, 0.3) is 0 Å². The topological polar surface area (TPSA) is 69.6 Å². The van der Waals surface area contributed by atoms with Crippen molar-refractivity contribution in [2.75, 3.05) is 5.33 Å². The predicted molar refractivity (Wildman–Crippen MR) is 64.9 cm³/mol. The normalized spacial score (nSPS) is 10.9. The number of nitrogens with zero attached hydrogens (tertiary/aromatic N) is 5. The Hall–Kier alpha value is -1.24. The van der Waals surface area contributed by atoms with Crippen molar-refractivity contribution in [1.29, 1.82) is 0 Å². The van der Waals surface area contributed by atoms with Crippen molar-refractivity contribution < 1.29 is 4.52 Å². The maximum Gasteiger partial charge on any atom is 0.248 e. The molecule has 0 saturated heterocycles. The van der Waals surface area contributed by atoms with Crippen LogP contribution in [0.3, 0.4) is 0 Å². The Morgan fingerprint density at radius 3 is 3.06 bits per heavy atom. The molecule has 0 aromatic carbocycles. The lowest BCUT2D eigenvalue weighted by Crippen LogP contribution is -2.01. The maximum atomic E-state index is 5.13. The second-order valence-corrected chi connectivity index (χ2v) is 4.49. The molecule has 0 unspecified atom stereocenters. The third kappa shape index (κ3) is 3.36. The minimum absolute atomic E-state index is 0.478. The summed E-state index contributed by atoms with van der Waals surface area (Å²) in [5.74, 6) is 1.33. The van der Waals surface area contributed by atoms with E-state index in [0.29, 0.717) is 12.4 Å². The van der Waals surface area contributed by atoms with Crippen molar-refractivity contribution in [2.24, 2.45) is 0 Å². The summed E-state index contributed by atoms with van der Waals surface area (Å²) in [6, 6.07) is 0. The average Bonchev–Trinajstić information content (AvgIpc) is 2.91. The molecule has 0 fully saturated rings. The molecule has 17 heavy (non-hydrogen) atoms. The molecule has 0 aliphatic carbocycles. The van der Waals surface area contributed by atoms with Gasteiger partial charge in [0.1, 0.15) is 6.54 Å². The number of aryl methyl sites for hydroxylation is 2. The van der Waals surface area contributed by atoms with Crippen LogP contribution in [0.5, 0.6) is 0 Å². The van der Waals surface area contributed by atoms with Gasteiger partial charge >= 0.3 is 0 Å². The first-order valence-corrected chi connectivity index (χ1v) is 6.70. The van der Waals surface area contributed by atoms with E-state index in [2.05, 4.69) is 43.3 Å². The van der Waals surface area contributed by atoms with Crippen LogP contribution in [0.1, 0.15) is 30.8 Å². The van der Waals surface area contributed by atoms with E-state index >= 15 is 0 Å². The van der Waals surface area contributed by atoms with E-state index in [1.165, 1.54) is 0 Å². The first kappa shape index (κ1) is 12.2. The van der Waals surface area contributed by atoms with Gasteiger partial charge in [0.15, 0.2) is 5.82 Å². The average molecular weight is 300 g/mol. The number of halogens is 1. The molecule has 92 valence electrons. The third-order valence-electron chi connectivity index (χ3n) is 2.22. The fourth-order valence-electron chi connectivity index (χ4n) is 1.45. The minimum Gasteiger partial charge on any atom is -0.337 e. The van der Waals surface area contributed by atoms with Gasteiger partial charge in [0.25, 0.3) is 0 Å². The molecule has 0 amide bonds. The van der Waals surface area contributed by atoms with Crippen molar-refractivity contribution in [1.82, 2.24) is 25.1 Å². The summed E-state index contributed by atoms with van der Waals surface area (Å²) >= 11 is 3.36. The number of alkyl halides is 1. The predicted octanol–water partition coefficient (Wildman–Crippen LogP) is 1.60. The highest BCUT2D eigenvalue weighted by atomic mass is 79.9. The molecule has 6 nitrogen and oxygen atoms in total. The fourth-order valence-corrected chi connectivity index (χ4v) is 1.85. The molecular weight excluding hydrogens is 286 g/mol. The van der Waals surface area contributed by atoms with Crippen LogP contribution < -0.4 is 0 Å². The van der Waals surface area contributed by atoms with E-state index in [1.807, 2.05) is 6.20 Å². The second kappa shape index (κ2) is 5.90. The summed E-state index contributed by atoms with van der Waals surface area (Å²) in [4.78, 5) is 4.27. The number of hydrogen-bond acceptors (Lipinski definition) is 5. The molecule has 2 heterocycles. The van der Waals surface area contributed by atoms with E-state index < -0.39 is 0 Å². The SMILES string of the molecule is CCCc1noc(Cn2cc(CCBr)nn2)n1. The molecule has 2 aromatic heterocycles. The Morgan fingerprint density at radius 1 is 1.41 bits per heavy atom. The van der Waals surface area contributed by atoms with Crippen molar-refractivity contribution in [3.8, 4) is 0 Å². The van der Waals surface area contributed by atoms with Crippen LogP contribution >= 0.6 is 15.9 Å². The zero-order valence-corrected chi connectivity index (χ0v) is 11.2. The number of hydrogen-bond donors (Lipinski definition) is 0. The molecule has 2 aromatic rings. The monoisotopic (exact) mass is 299 g/mol. The van der Waals surface area contributed by atoms with E-state index in [0.717, 1.165) is 36.1 Å². The van der Waals surface area contributed by atoms with Gasteiger partial charge in [-0.05, 0) is 6.42 Å². The largest absolute Gasteiger partial charge is 0.337 e. The molecule has 0 radical (unpaired) electrons. The zero-order chi connectivity index (χ0) is 12.1. The zero-order valence-electron chi connectivity index (χ0n) is 9.64. The van der Waals surface area contributed by atoms with Gasteiger partial charge in [-0.3, -0.25) is 0 Å².